The molecule has 0 aliphatic carbocycles. The van der Waals surface area contributed by atoms with Gasteiger partial charge in [0.05, 0.1) is 36.3 Å². The van der Waals surface area contributed by atoms with Gasteiger partial charge in [0.2, 0.25) is 0 Å². The zero-order chi connectivity index (χ0) is 21.9. The first kappa shape index (κ1) is 26.1. The smallest absolute Gasteiger partial charge is 0.283 e. The Hall–Kier alpha value is -0.200. The van der Waals surface area contributed by atoms with Gasteiger partial charge < -0.3 is 8.37 Å². The fraction of sp³-hybridized carbons (Fsp3) is 0.300. The lowest BCUT2D eigenvalue weighted by Gasteiger charge is -2.06. The summed E-state index contributed by atoms with van der Waals surface area (Å²) in [4.78, 5) is 25.5. The minimum Gasteiger partial charge on any atom is -0.305 e. The molecule has 162 valence electrons. The lowest BCUT2D eigenvalue weighted by atomic mass is 10.1. The molecule has 0 saturated heterocycles. The van der Waals surface area contributed by atoms with E-state index in [9.17, 15) is 9.59 Å². The summed E-state index contributed by atoms with van der Waals surface area (Å²) in [6.07, 6.45) is 0.0379. The molecule has 30 heavy (non-hydrogen) atoms. The Labute approximate surface area is 202 Å². The van der Waals surface area contributed by atoms with Crippen molar-refractivity contribution in [3.05, 3.63) is 48.5 Å². The topological polar surface area (TPSA) is 52.6 Å². The Morgan fingerprint density at radius 2 is 0.967 bits per heavy atom. The van der Waals surface area contributed by atoms with Gasteiger partial charge >= 0.3 is 0 Å². The molecule has 0 aliphatic heterocycles. The van der Waals surface area contributed by atoms with Crippen LogP contribution in [0.25, 0.3) is 11.1 Å². The zero-order valence-corrected chi connectivity index (χ0v) is 21.8. The normalized spacial score (nSPS) is 11.3. The van der Waals surface area contributed by atoms with Crippen LogP contribution in [0.15, 0.2) is 58.3 Å². The van der Waals surface area contributed by atoms with E-state index in [1.807, 2.05) is 76.2 Å². The van der Waals surface area contributed by atoms with E-state index in [4.69, 9.17) is 8.37 Å². The monoisotopic (exact) mass is 518 g/mol. The highest BCUT2D eigenvalue weighted by Crippen LogP contribution is 2.38. The predicted molar refractivity (Wildman–Crippen MR) is 137 cm³/mol. The lowest BCUT2D eigenvalue weighted by molar-refractivity contribution is 0.266. The average Bonchev–Trinajstić information content (AvgIpc) is 2.74. The van der Waals surface area contributed by atoms with E-state index < -0.39 is 0 Å². The summed E-state index contributed by atoms with van der Waals surface area (Å²) in [6, 6.07) is 16.1. The molecule has 0 heterocycles. The number of carbonyl (C=O) groups is 2. The van der Waals surface area contributed by atoms with E-state index in [0.717, 1.165) is 66.6 Å². The average molecular weight is 519 g/mol. The van der Waals surface area contributed by atoms with Gasteiger partial charge in [0.1, 0.15) is 0 Å². The van der Waals surface area contributed by atoms with Crippen LogP contribution < -0.4 is 0 Å². The van der Waals surface area contributed by atoms with Crippen molar-refractivity contribution in [2.45, 2.75) is 49.7 Å². The van der Waals surface area contributed by atoms with Crippen molar-refractivity contribution in [3.63, 3.8) is 0 Å². The molecule has 4 nitrogen and oxygen atoms in total. The number of rotatable bonds is 9. The Morgan fingerprint density at radius 1 is 0.633 bits per heavy atom. The maximum absolute atomic E-state index is 11.7. The van der Waals surface area contributed by atoms with Crippen molar-refractivity contribution in [1.29, 1.82) is 0 Å². The largest absolute Gasteiger partial charge is 0.305 e. The molecular weight excluding hydrogens is 497 g/mol. The quantitative estimate of drug-likeness (QED) is 0.237. The third-order valence-electron chi connectivity index (χ3n) is 3.07. The molecule has 2 aromatic rings. The van der Waals surface area contributed by atoms with Gasteiger partial charge in [-0.15, -0.1) is 0 Å². The van der Waals surface area contributed by atoms with Gasteiger partial charge in [0, 0.05) is 31.4 Å². The van der Waals surface area contributed by atoms with Crippen LogP contribution in [0.5, 0.6) is 0 Å². The van der Waals surface area contributed by atoms with Crippen LogP contribution in [0.3, 0.4) is 0 Å². The van der Waals surface area contributed by atoms with Crippen LogP contribution in [0.2, 0.25) is 0 Å². The molecule has 0 saturated carbocycles. The van der Waals surface area contributed by atoms with Gasteiger partial charge in [-0.3, -0.25) is 9.59 Å². The van der Waals surface area contributed by atoms with Crippen LogP contribution in [0.1, 0.15) is 27.7 Å². The maximum Gasteiger partial charge on any atom is 0.283 e. The lowest BCUT2D eigenvalue weighted by Crippen LogP contribution is -1.95. The molecule has 0 bridgehead atoms. The molecule has 0 fully saturated rings. The Bertz CT molecular complexity index is 740. The summed E-state index contributed by atoms with van der Waals surface area (Å²) in [7, 11) is 5.16. The summed E-state index contributed by atoms with van der Waals surface area (Å²) in [5, 5.41) is 0. The zero-order valence-electron chi connectivity index (χ0n) is 16.9. The molecule has 0 N–H and O–H groups in total. The van der Waals surface area contributed by atoms with Gasteiger partial charge in [-0.05, 0) is 84.7 Å². The predicted octanol–water partition coefficient (Wildman–Crippen LogP) is 9.22. The Morgan fingerprint density at radius 3 is 1.27 bits per heavy atom. The number of hydrogen-bond acceptors (Lipinski definition) is 10. The van der Waals surface area contributed by atoms with Crippen LogP contribution in [0, 0.1) is 0 Å². The SMILES string of the molecule is CC(C)OSC(=O)SSc1ccc(-c2ccc(SSC(=O)SOC(C)C)cc2)cc1. The molecule has 0 amide bonds. The molecule has 0 spiro atoms. The van der Waals surface area contributed by atoms with Crippen LogP contribution in [0.4, 0.5) is 9.59 Å². The minimum absolute atomic E-state index is 0.0190. The highest BCUT2D eigenvalue weighted by atomic mass is 33.1. The van der Waals surface area contributed by atoms with Crippen molar-refractivity contribution in [2.24, 2.45) is 0 Å². The summed E-state index contributed by atoms with van der Waals surface area (Å²) in [6.45, 7) is 7.57. The van der Waals surface area contributed by atoms with Crippen molar-refractivity contribution in [2.75, 3.05) is 0 Å². The molecule has 10 heteroatoms. The standard InChI is InChI=1S/C20H22O4S6/c1-13(2)23-25-19(21)29-27-17-9-5-15(6-10-17)16-7-11-18(12-8-16)28-30-20(22)26-24-14(3)4/h5-14H,1-4H3. The highest BCUT2D eigenvalue weighted by Gasteiger charge is 2.10. The van der Waals surface area contributed by atoms with E-state index in [0.29, 0.717) is 0 Å². The highest BCUT2D eigenvalue weighted by molar-refractivity contribution is 8.86. The summed E-state index contributed by atoms with van der Waals surface area (Å²) >= 11 is 1.77. The fourth-order valence-corrected chi connectivity index (χ4v) is 6.46. The molecule has 0 radical (unpaired) electrons. The summed E-state index contributed by atoms with van der Waals surface area (Å²) in [5.74, 6) is 0. The molecular formula is C20H22O4S6. The molecule has 0 aromatic heterocycles. The van der Waals surface area contributed by atoms with Gasteiger partial charge in [-0.2, -0.15) is 0 Å². The maximum atomic E-state index is 11.7. The molecule has 0 aliphatic rings. The van der Waals surface area contributed by atoms with E-state index in [1.54, 1.807) is 0 Å². The molecule has 0 atom stereocenters. The van der Waals surface area contributed by atoms with E-state index >= 15 is 0 Å². The minimum atomic E-state index is -0.0728. The van der Waals surface area contributed by atoms with Gasteiger partial charge in [0.15, 0.2) is 0 Å². The van der Waals surface area contributed by atoms with Gasteiger partial charge in [-0.1, -0.05) is 24.3 Å². The van der Waals surface area contributed by atoms with Crippen LogP contribution >= 0.6 is 67.3 Å². The van der Waals surface area contributed by atoms with Crippen molar-refractivity contribution >= 4 is 76.2 Å². The second-order valence-electron chi connectivity index (χ2n) is 6.34. The van der Waals surface area contributed by atoms with Crippen molar-refractivity contribution in [1.82, 2.24) is 0 Å². The summed E-state index contributed by atoms with van der Waals surface area (Å²) < 4.78 is 10.3. The van der Waals surface area contributed by atoms with Crippen LogP contribution in [-0.4, -0.2) is 21.1 Å². The van der Waals surface area contributed by atoms with Crippen molar-refractivity contribution < 1.29 is 18.0 Å². The van der Waals surface area contributed by atoms with Gasteiger partial charge in [-0.25, -0.2) is 0 Å². The van der Waals surface area contributed by atoms with E-state index in [2.05, 4.69) is 0 Å². The van der Waals surface area contributed by atoms with E-state index in [1.165, 1.54) is 21.6 Å². The summed E-state index contributed by atoms with van der Waals surface area (Å²) in [5.41, 5.74) is 2.18. The fourth-order valence-electron chi connectivity index (χ4n) is 1.87. The number of benzene rings is 2. The number of carbonyl (C=O) groups excluding carboxylic acids is 2. The van der Waals surface area contributed by atoms with Crippen molar-refractivity contribution in [3.8, 4) is 11.1 Å². The Balaban J connectivity index is 1.82. The van der Waals surface area contributed by atoms with E-state index in [-0.39, 0.29) is 21.1 Å². The van der Waals surface area contributed by atoms with Gasteiger partial charge in [0.25, 0.3) is 8.89 Å². The first-order valence-electron chi connectivity index (χ1n) is 8.97. The first-order valence-corrected chi connectivity index (χ1v) is 14.8. The van der Waals surface area contributed by atoms with Crippen LogP contribution in [-0.2, 0) is 8.37 Å². The second-order valence-corrected chi connectivity index (χ2v) is 12.7. The molecule has 2 rings (SSSR count). The third-order valence-corrected chi connectivity index (χ3v) is 9.78. The third kappa shape index (κ3) is 10.4. The molecule has 2 aromatic carbocycles. The first-order chi connectivity index (χ1) is 14.3. The Kier molecular flexibility index (Phi) is 12.2. The second kappa shape index (κ2) is 14.1. The number of hydrogen-bond donors (Lipinski definition) is 0. The molecule has 0 unspecified atom stereocenters.